The molecule has 2 heteroatoms. The fourth-order valence-corrected chi connectivity index (χ4v) is 2.79. The van der Waals surface area contributed by atoms with Crippen molar-refractivity contribution in [2.75, 3.05) is 6.61 Å². The van der Waals surface area contributed by atoms with Crippen LogP contribution in [-0.4, -0.2) is 12.6 Å². The summed E-state index contributed by atoms with van der Waals surface area (Å²) in [5.41, 5.74) is 0. The number of hydrogen-bond donors (Lipinski definition) is 0. The predicted octanol–water partition coefficient (Wildman–Crippen LogP) is 5.11. The summed E-state index contributed by atoms with van der Waals surface area (Å²) in [6, 6.07) is 0. The maximum Gasteiger partial charge on any atom is 0.308 e. The van der Waals surface area contributed by atoms with Crippen molar-refractivity contribution in [3.63, 3.8) is 0 Å². The molecule has 0 spiro atoms. The van der Waals surface area contributed by atoms with Crippen LogP contribution in [0.5, 0.6) is 0 Å². The Labute approximate surface area is 119 Å². The van der Waals surface area contributed by atoms with Crippen LogP contribution in [0.2, 0.25) is 0 Å². The van der Waals surface area contributed by atoms with Crippen molar-refractivity contribution < 1.29 is 9.53 Å². The molecule has 1 aliphatic rings. The van der Waals surface area contributed by atoms with E-state index in [-0.39, 0.29) is 11.9 Å². The summed E-state index contributed by atoms with van der Waals surface area (Å²) in [5.74, 6) is 1.06. The summed E-state index contributed by atoms with van der Waals surface area (Å²) in [5, 5.41) is 0. The molecular weight excluding hydrogens is 236 g/mol. The van der Waals surface area contributed by atoms with Crippen molar-refractivity contribution in [1.82, 2.24) is 0 Å². The Kier molecular flexibility index (Phi) is 8.94. The van der Waals surface area contributed by atoms with Crippen molar-refractivity contribution in [3.05, 3.63) is 0 Å². The first kappa shape index (κ1) is 16.5. The van der Waals surface area contributed by atoms with E-state index >= 15 is 0 Å². The van der Waals surface area contributed by atoms with Gasteiger partial charge in [0.25, 0.3) is 0 Å². The summed E-state index contributed by atoms with van der Waals surface area (Å²) >= 11 is 0. The highest BCUT2D eigenvalue weighted by Gasteiger charge is 2.34. The molecule has 1 fully saturated rings. The van der Waals surface area contributed by atoms with Gasteiger partial charge in [-0.3, -0.25) is 4.79 Å². The fourth-order valence-electron chi connectivity index (χ4n) is 2.79. The Morgan fingerprint density at radius 2 is 1.53 bits per heavy atom. The molecule has 0 bridgehead atoms. The molecule has 19 heavy (non-hydrogen) atoms. The average Bonchev–Trinajstić information content (AvgIpc) is 2.35. The Bertz CT molecular complexity index is 231. The molecule has 2 nitrogen and oxygen atoms in total. The monoisotopic (exact) mass is 268 g/mol. The van der Waals surface area contributed by atoms with Crippen LogP contribution in [-0.2, 0) is 9.53 Å². The smallest absolute Gasteiger partial charge is 0.308 e. The zero-order chi connectivity index (χ0) is 13.9. The van der Waals surface area contributed by atoms with Gasteiger partial charge in [0, 0.05) is 0 Å². The van der Waals surface area contributed by atoms with Crippen LogP contribution in [0.25, 0.3) is 0 Å². The molecule has 0 atom stereocenters. The van der Waals surface area contributed by atoms with E-state index in [4.69, 9.17) is 4.74 Å². The van der Waals surface area contributed by atoms with E-state index in [1.54, 1.807) is 0 Å². The van der Waals surface area contributed by atoms with Crippen LogP contribution >= 0.6 is 0 Å². The summed E-state index contributed by atoms with van der Waals surface area (Å²) < 4.78 is 5.34. The molecule has 0 aliphatic heterocycles. The number of carbonyl (C=O) groups excluding carboxylic acids is 1. The fraction of sp³-hybridized carbons (Fsp3) is 0.941. The Morgan fingerprint density at radius 1 is 0.947 bits per heavy atom. The van der Waals surface area contributed by atoms with Gasteiger partial charge in [0.15, 0.2) is 0 Å². The van der Waals surface area contributed by atoms with Gasteiger partial charge in [-0.1, -0.05) is 65.2 Å². The lowest BCUT2D eigenvalue weighted by Crippen LogP contribution is -2.31. The third-order valence-electron chi connectivity index (χ3n) is 4.39. The topological polar surface area (TPSA) is 26.3 Å². The zero-order valence-electron chi connectivity index (χ0n) is 13.0. The minimum atomic E-state index is 0.0626. The van der Waals surface area contributed by atoms with E-state index in [0.717, 1.165) is 25.2 Å². The van der Waals surface area contributed by atoms with Gasteiger partial charge in [0.2, 0.25) is 0 Å². The van der Waals surface area contributed by atoms with Gasteiger partial charge in [-0.2, -0.15) is 0 Å². The molecular formula is C17H32O2. The second-order valence-electron chi connectivity index (χ2n) is 6.08. The standard InChI is InChI=1S/C17H32O2/c1-3-5-6-7-8-9-10-11-12-19-17(18)16-13-15(4-2)14-16/h15-16H,3-14H2,1-2H3. The highest BCUT2D eigenvalue weighted by Crippen LogP contribution is 2.36. The molecule has 0 aromatic carbocycles. The van der Waals surface area contributed by atoms with E-state index in [0.29, 0.717) is 6.61 Å². The van der Waals surface area contributed by atoms with E-state index in [9.17, 15) is 4.79 Å². The number of unbranched alkanes of at least 4 members (excludes halogenated alkanes) is 7. The Hall–Kier alpha value is -0.530. The summed E-state index contributed by atoms with van der Waals surface area (Å²) in [7, 11) is 0. The Balaban J connectivity index is 1.82. The van der Waals surface area contributed by atoms with Crippen LogP contribution in [0.15, 0.2) is 0 Å². The summed E-state index contributed by atoms with van der Waals surface area (Å²) in [6.07, 6.45) is 13.7. The molecule has 112 valence electrons. The van der Waals surface area contributed by atoms with Crippen molar-refractivity contribution in [3.8, 4) is 0 Å². The lowest BCUT2D eigenvalue weighted by atomic mass is 9.74. The van der Waals surface area contributed by atoms with Crippen molar-refractivity contribution in [2.24, 2.45) is 11.8 Å². The number of hydrogen-bond acceptors (Lipinski definition) is 2. The average molecular weight is 268 g/mol. The number of ether oxygens (including phenoxy) is 1. The van der Waals surface area contributed by atoms with Crippen molar-refractivity contribution >= 4 is 5.97 Å². The van der Waals surface area contributed by atoms with Gasteiger partial charge in [-0.25, -0.2) is 0 Å². The quantitative estimate of drug-likeness (QED) is 0.384. The lowest BCUT2D eigenvalue weighted by molar-refractivity contribution is -0.153. The van der Waals surface area contributed by atoms with Crippen LogP contribution in [0.3, 0.4) is 0 Å². The van der Waals surface area contributed by atoms with Gasteiger partial charge in [-0.05, 0) is 25.2 Å². The molecule has 0 aromatic rings. The normalized spacial score (nSPS) is 22.0. The minimum absolute atomic E-state index is 0.0626. The van der Waals surface area contributed by atoms with Gasteiger partial charge in [0.1, 0.15) is 0 Å². The molecule has 1 rings (SSSR count). The van der Waals surface area contributed by atoms with Crippen LogP contribution < -0.4 is 0 Å². The zero-order valence-corrected chi connectivity index (χ0v) is 13.0. The van der Waals surface area contributed by atoms with Crippen LogP contribution in [0.4, 0.5) is 0 Å². The van der Waals surface area contributed by atoms with Crippen LogP contribution in [0.1, 0.15) is 84.5 Å². The number of esters is 1. The molecule has 1 saturated carbocycles. The Morgan fingerprint density at radius 3 is 2.11 bits per heavy atom. The van der Waals surface area contributed by atoms with Gasteiger partial charge >= 0.3 is 5.97 Å². The second kappa shape index (κ2) is 10.3. The molecule has 1 aliphatic carbocycles. The van der Waals surface area contributed by atoms with E-state index in [2.05, 4.69) is 13.8 Å². The van der Waals surface area contributed by atoms with Gasteiger partial charge < -0.3 is 4.74 Å². The van der Waals surface area contributed by atoms with Gasteiger partial charge in [-0.15, -0.1) is 0 Å². The first-order valence-corrected chi connectivity index (χ1v) is 8.44. The molecule has 0 unspecified atom stereocenters. The van der Waals surface area contributed by atoms with Crippen molar-refractivity contribution in [2.45, 2.75) is 84.5 Å². The van der Waals surface area contributed by atoms with E-state index in [1.807, 2.05) is 0 Å². The largest absolute Gasteiger partial charge is 0.465 e. The highest BCUT2D eigenvalue weighted by atomic mass is 16.5. The third kappa shape index (κ3) is 6.98. The molecule has 0 radical (unpaired) electrons. The summed E-state index contributed by atoms with van der Waals surface area (Å²) in [6.45, 7) is 5.09. The molecule has 0 aromatic heterocycles. The SMILES string of the molecule is CCCCCCCCCCOC(=O)C1CC(CC)C1. The first-order valence-electron chi connectivity index (χ1n) is 8.44. The van der Waals surface area contributed by atoms with E-state index < -0.39 is 0 Å². The van der Waals surface area contributed by atoms with Gasteiger partial charge in [0.05, 0.1) is 12.5 Å². The number of carbonyl (C=O) groups is 1. The minimum Gasteiger partial charge on any atom is -0.465 e. The third-order valence-corrected chi connectivity index (χ3v) is 4.39. The summed E-state index contributed by atoms with van der Waals surface area (Å²) in [4.78, 5) is 11.7. The molecule has 0 amide bonds. The number of rotatable bonds is 11. The van der Waals surface area contributed by atoms with Crippen molar-refractivity contribution in [1.29, 1.82) is 0 Å². The van der Waals surface area contributed by atoms with E-state index in [1.165, 1.54) is 51.4 Å². The predicted molar refractivity (Wildman–Crippen MR) is 80.1 cm³/mol. The highest BCUT2D eigenvalue weighted by molar-refractivity contribution is 5.73. The first-order chi connectivity index (χ1) is 9.27. The molecule has 0 saturated heterocycles. The lowest BCUT2D eigenvalue weighted by Gasteiger charge is -2.32. The maximum atomic E-state index is 11.7. The molecule has 0 heterocycles. The van der Waals surface area contributed by atoms with Crippen LogP contribution in [0, 0.1) is 11.8 Å². The maximum absolute atomic E-state index is 11.7. The second-order valence-corrected chi connectivity index (χ2v) is 6.08. The molecule has 0 N–H and O–H groups in total.